The number of aromatic nitrogens is 1. The predicted molar refractivity (Wildman–Crippen MR) is 108 cm³/mol. The fourth-order valence-corrected chi connectivity index (χ4v) is 3.90. The molecule has 0 radical (unpaired) electrons. The van der Waals surface area contributed by atoms with Crippen LogP contribution in [0.4, 0.5) is 39.5 Å². The molecule has 1 fully saturated rings. The van der Waals surface area contributed by atoms with Gasteiger partial charge in [-0.25, -0.2) is 14.5 Å². The SMILES string of the molecule is C[C@@H]1CN(c2ncc(N)cc2Cl)CCN1C(=O)Nc1ccc2c(c1)C(F)(F)OC(F)(F)O2. The fraction of sp³-hybridized carbons (Fsp3) is 0.368. The second kappa shape index (κ2) is 7.85. The molecule has 3 heterocycles. The number of nitrogens with zero attached hydrogens (tertiary/aromatic N) is 3. The van der Waals surface area contributed by atoms with Gasteiger partial charge in [-0.15, -0.1) is 8.78 Å². The van der Waals surface area contributed by atoms with Crippen molar-refractivity contribution in [2.75, 3.05) is 35.6 Å². The number of amides is 2. The molecule has 172 valence electrons. The molecule has 0 unspecified atom stereocenters. The molecule has 0 bridgehead atoms. The summed E-state index contributed by atoms with van der Waals surface area (Å²) in [4.78, 5) is 20.4. The lowest BCUT2D eigenvalue weighted by Gasteiger charge is -2.40. The van der Waals surface area contributed by atoms with E-state index in [1.54, 1.807) is 6.07 Å². The van der Waals surface area contributed by atoms with Gasteiger partial charge in [-0.1, -0.05) is 11.6 Å². The van der Waals surface area contributed by atoms with Crippen molar-refractivity contribution in [2.45, 2.75) is 25.4 Å². The lowest BCUT2D eigenvalue weighted by molar-refractivity contribution is -0.461. The molecule has 0 aliphatic carbocycles. The summed E-state index contributed by atoms with van der Waals surface area (Å²) in [5.74, 6) is -0.194. The smallest absolute Gasteiger partial charge is 0.409 e. The van der Waals surface area contributed by atoms with Crippen LogP contribution in [0.25, 0.3) is 0 Å². The number of hydrogen-bond acceptors (Lipinski definition) is 6. The summed E-state index contributed by atoms with van der Waals surface area (Å²) in [5.41, 5.74) is 5.16. The molecule has 8 nitrogen and oxygen atoms in total. The highest BCUT2D eigenvalue weighted by Crippen LogP contribution is 2.46. The molecule has 2 aliphatic rings. The van der Waals surface area contributed by atoms with E-state index in [0.29, 0.717) is 36.2 Å². The maximum Gasteiger partial charge on any atom is 0.540 e. The molecule has 32 heavy (non-hydrogen) atoms. The van der Waals surface area contributed by atoms with Crippen molar-refractivity contribution < 1.29 is 31.8 Å². The Morgan fingerprint density at radius 3 is 2.72 bits per heavy atom. The maximum atomic E-state index is 14.0. The number of benzene rings is 1. The number of nitrogen functional groups attached to an aromatic ring is 1. The Labute approximate surface area is 184 Å². The number of carbonyl (C=O) groups excluding carboxylic acids is 1. The number of anilines is 3. The number of carbonyl (C=O) groups is 1. The van der Waals surface area contributed by atoms with Crippen molar-refractivity contribution in [3.63, 3.8) is 0 Å². The summed E-state index contributed by atoms with van der Waals surface area (Å²) in [6, 6.07) is 3.71. The van der Waals surface area contributed by atoms with Crippen LogP contribution in [0, 0.1) is 0 Å². The number of piperazine rings is 1. The lowest BCUT2D eigenvalue weighted by Crippen LogP contribution is -2.55. The van der Waals surface area contributed by atoms with Crippen molar-refractivity contribution in [1.29, 1.82) is 0 Å². The van der Waals surface area contributed by atoms with Crippen molar-refractivity contribution in [2.24, 2.45) is 0 Å². The number of fused-ring (bicyclic) bond motifs is 1. The average molecular weight is 476 g/mol. The summed E-state index contributed by atoms with van der Waals surface area (Å²) in [7, 11) is 0. The highest BCUT2D eigenvalue weighted by molar-refractivity contribution is 6.33. The molecule has 2 amide bonds. The molecule has 3 N–H and O–H groups in total. The molecule has 2 aliphatic heterocycles. The fourth-order valence-electron chi connectivity index (χ4n) is 3.60. The van der Waals surface area contributed by atoms with Gasteiger partial charge in [0.25, 0.3) is 0 Å². The summed E-state index contributed by atoms with van der Waals surface area (Å²) in [6.07, 6.45) is -7.26. The molecule has 1 saturated heterocycles. The Kier molecular flexibility index (Phi) is 5.45. The van der Waals surface area contributed by atoms with Crippen LogP contribution in [0.15, 0.2) is 30.5 Å². The molecule has 0 saturated carbocycles. The molecule has 13 heteroatoms. The number of halogens is 5. The topological polar surface area (TPSA) is 93.0 Å². The lowest BCUT2D eigenvalue weighted by atomic mass is 10.1. The third-order valence-corrected chi connectivity index (χ3v) is 5.33. The van der Waals surface area contributed by atoms with E-state index in [2.05, 4.69) is 19.8 Å². The zero-order valence-electron chi connectivity index (χ0n) is 16.6. The number of ether oxygens (including phenoxy) is 2. The van der Waals surface area contributed by atoms with Gasteiger partial charge in [0.05, 0.1) is 22.5 Å². The molecule has 4 rings (SSSR count). The minimum atomic E-state index is -4.46. The van der Waals surface area contributed by atoms with Crippen LogP contribution in [-0.2, 0) is 10.8 Å². The average Bonchev–Trinajstić information content (AvgIpc) is 2.67. The molecular formula is C19H18ClF4N5O3. The second-order valence-corrected chi connectivity index (χ2v) is 7.80. The van der Waals surface area contributed by atoms with Crippen molar-refractivity contribution in [3.8, 4) is 5.75 Å². The number of nitrogens with one attached hydrogen (secondary N) is 1. The maximum absolute atomic E-state index is 14.0. The first-order valence-corrected chi connectivity index (χ1v) is 9.86. The van der Waals surface area contributed by atoms with Gasteiger partial charge in [0, 0.05) is 31.4 Å². The van der Waals surface area contributed by atoms with Gasteiger partial charge < -0.3 is 25.6 Å². The molecule has 1 aromatic heterocycles. The first-order chi connectivity index (χ1) is 14.9. The van der Waals surface area contributed by atoms with Crippen LogP contribution in [0.2, 0.25) is 5.02 Å². The standard InChI is InChI=1S/C19H18ClF4N5O3/c1-10-9-28(16-14(20)6-11(25)8-26-16)4-5-29(10)17(30)27-12-2-3-15-13(7-12)18(21,22)32-19(23,24)31-15/h2-3,6-8,10H,4-5,9,25H2,1H3,(H,27,30)/t10-/m1/s1. The van der Waals surface area contributed by atoms with Crippen molar-refractivity contribution >= 4 is 34.8 Å². The van der Waals surface area contributed by atoms with Gasteiger partial charge in [0.1, 0.15) is 11.6 Å². The molecule has 0 spiro atoms. The Morgan fingerprint density at radius 2 is 2.03 bits per heavy atom. The van der Waals surface area contributed by atoms with Gasteiger partial charge in [-0.05, 0) is 31.2 Å². The van der Waals surface area contributed by atoms with Crippen LogP contribution < -0.4 is 20.7 Å². The third kappa shape index (κ3) is 4.32. The number of alkyl halides is 4. The normalized spacial score (nSPS) is 21.5. The Hall–Kier alpha value is -2.99. The quantitative estimate of drug-likeness (QED) is 0.636. The van der Waals surface area contributed by atoms with E-state index in [-0.39, 0.29) is 11.7 Å². The molecular weight excluding hydrogens is 458 g/mol. The van der Waals surface area contributed by atoms with Gasteiger partial charge in [0.15, 0.2) is 0 Å². The van der Waals surface area contributed by atoms with Crippen LogP contribution in [-0.4, -0.2) is 47.9 Å². The van der Waals surface area contributed by atoms with Gasteiger partial charge in [-0.2, -0.15) is 8.78 Å². The predicted octanol–water partition coefficient (Wildman–Crippen LogP) is 4.07. The number of urea groups is 1. The van der Waals surface area contributed by atoms with E-state index in [0.717, 1.165) is 12.1 Å². The zero-order valence-corrected chi connectivity index (χ0v) is 17.4. The number of pyridine rings is 1. The Bertz CT molecular complexity index is 1060. The molecule has 2 aromatic rings. The summed E-state index contributed by atoms with van der Waals surface area (Å²) in [5, 5.41) is 2.89. The van der Waals surface area contributed by atoms with Crippen molar-refractivity contribution in [3.05, 3.63) is 41.0 Å². The van der Waals surface area contributed by atoms with Gasteiger partial charge in [0.2, 0.25) is 0 Å². The molecule has 1 aromatic carbocycles. The Morgan fingerprint density at radius 1 is 1.28 bits per heavy atom. The summed E-state index contributed by atoms with van der Waals surface area (Å²) in [6.45, 7) is 2.95. The van der Waals surface area contributed by atoms with E-state index >= 15 is 0 Å². The largest absolute Gasteiger partial charge is 0.540 e. The second-order valence-electron chi connectivity index (χ2n) is 7.39. The van der Waals surface area contributed by atoms with Crippen LogP contribution in [0.5, 0.6) is 5.75 Å². The van der Waals surface area contributed by atoms with Crippen LogP contribution in [0.3, 0.4) is 0 Å². The molecule has 1 atom stereocenters. The summed E-state index contributed by atoms with van der Waals surface area (Å²) < 4.78 is 61.7. The number of rotatable bonds is 2. The van der Waals surface area contributed by atoms with Gasteiger partial charge >= 0.3 is 18.4 Å². The highest BCUT2D eigenvalue weighted by atomic mass is 35.5. The third-order valence-electron chi connectivity index (χ3n) is 5.05. The highest BCUT2D eigenvalue weighted by Gasteiger charge is 2.54. The van der Waals surface area contributed by atoms with E-state index in [4.69, 9.17) is 17.3 Å². The number of nitrogens with two attached hydrogens (primary N) is 1. The van der Waals surface area contributed by atoms with E-state index in [1.807, 2.05) is 11.8 Å². The number of hydrogen-bond donors (Lipinski definition) is 2. The monoisotopic (exact) mass is 475 g/mol. The van der Waals surface area contributed by atoms with E-state index in [1.165, 1.54) is 17.2 Å². The van der Waals surface area contributed by atoms with Crippen LogP contribution in [0.1, 0.15) is 12.5 Å². The minimum absolute atomic E-state index is 0.0243. The Balaban J connectivity index is 1.45. The van der Waals surface area contributed by atoms with Crippen molar-refractivity contribution in [1.82, 2.24) is 9.88 Å². The minimum Gasteiger partial charge on any atom is -0.409 e. The van der Waals surface area contributed by atoms with Crippen LogP contribution >= 0.6 is 11.6 Å². The first kappa shape index (κ1) is 22.2. The first-order valence-electron chi connectivity index (χ1n) is 9.48. The van der Waals surface area contributed by atoms with E-state index < -0.39 is 29.7 Å². The zero-order chi connectivity index (χ0) is 23.3. The van der Waals surface area contributed by atoms with Gasteiger partial charge in [-0.3, -0.25) is 0 Å². The van der Waals surface area contributed by atoms with E-state index in [9.17, 15) is 22.4 Å². The summed E-state index contributed by atoms with van der Waals surface area (Å²) >= 11 is 6.21.